The lowest BCUT2D eigenvalue weighted by molar-refractivity contribution is 0.201. The van der Waals surface area contributed by atoms with Crippen LogP contribution in [0.15, 0.2) is 12.1 Å². The molecule has 0 fully saturated rings. The molecule has 2 unspecified atom stereocenters. The minimum absolute atomic E-state index is 0.0913. The molecule has 5 nitrogen and oxygen atoms in total. The largest absolute Gasteiger partial charge is 0.507 e. The Balaban J connectivity index is 0.000000472. The zero-order valence-electron chi connectivity index (χ0n) is 14.4. The van der Waals surface area contributed by atoms with Crippen LogP contribution in [0, 0.1) is 0 Å². The molecule has 22 heavy (non-hydrogen) atoms. The van der Waals surface area contributed by atoms with Gasteiger partial charge in [0, 0.05) is 5.69 Å². The molecule has 0 saturated carbocycles. The molecule has 0 heterocycles. The number of aromatic hydroxyl groups is 1. The summed E-state index contributed by atoms with van der Waals surface area (Å²) in [5, 5.41) is 10.00. The summed E-state index contributed by atoms with van der Waals surface area (Å²) in [6, 6.07) is 3.71. The third-order valence-electron chi connectivity index (χ3n) is 3.31. The Morgan fingerprint density at radius 3 is 1.77 bits per heavy atom. The number of benzene rings is 1. The summed E-state index contributed by atoms with van der Waals surface area (Å²) in [4.78, 5) is 8.18. The number of nitrogen functional groups attached to an aromatic ring is 1. The Kier molecular flexibility index (Phi) is 9.42. The second kappa shape index (κ2) is 9.88. The Labute approximate surface area is 134 Å². The highest BCUT2D eigenvalue weighted by Gasteiger charge is 2.13. The monoisotopic (exact) mass is 331 g/mol. The first-order valence-electron chi connectivity index (χ1n) is 7.61. The van der Waals surface area contributed by atoms with E-state index in [0.29, 0.717) is 17.6 Å². The summed E-state index contributed by atoms with van der Waals surface area (Å²) in [6.45, 7) is 11.9. The van der Waals surface area contributed by atoms with E-state index in [2.05, 4.69) is 32.2 Å². The van der Waals surface area contributed by atoms with Gasteiger partial charge >= 0.3 is 8.25 Å². The molecule has 2 atom stereocenters. The summed E-state index contributed by atoms with van der Waals surface area (Å²) in [6.07, 6.45) is 0.683. The molecule has 0 radical (unpaired) electrons. The van der Waals surface area contributed by atoms with Crippen LogP contribution in [0.3, 0.4) is 0 Å². The van der Waals surface area contributed by atoms with Gasteiger partial charge in [-0.2, -0.15) is 0 Å². The van der Waals surface area contributed by atoms with Crippen molar-refractivity contribution in [2.24, 2.45) is 0 Å². The maximum Gasteiger partial charge on any atom is 0.316 e. The van der Waals surface area contributed by atoms with Gasteiger partial charge in [0.25, 0.3) is 0 Å². The van der Waals surface area contributed by atoms with Crippen molar-refractivity contribution >= 4 is 13.9 Å². The maximum absolute atomic E-state index is 10.00. The second-order valence-corrected chi connectivity index (χ2v) is 6.73. The molecular formula is C16H30NO4P. The zero-order valence-corrected chi connectivity index (χ0v) is 15.4. The van der Waals surface area contributed by atoms with E-state index in [9.17, 15) is 9.67 Å². The Hall–Kier alpha value is -1.03. The molecule has 0 aliphatic rings. The molecule has 0 amide bonds. The lowest BCUT2D eigenvalue weighted by Gasteiger charge is -2.15. The SMILES string of the molecule is CC(C)c1cc(N)cc(C(C)C)c1O.CCC(C)O[PH](=O)O. The minimum Gasteiger partial charge on any atom is -0.507 e. The fourth-order valence-electron chi connectivity index (χ4n) is 1.84. The molecule has 0 saturated heterocycles. The fourth-order valence-corrected chi connectivity index (χ4v) is 2.35. The molecule has 6 heteroatoms. The van der Waals surface area contributed by atoms with Gasteiger partial charge in [0.05, 0.1) is 6.10 Å². The second-order valence-electron chi connectivity index (χ2n) is 5.96. The molecule has 1 aromatic carbocycles. The number of phenols is 1. The summed E-state index contributed by atoms with van der Waals surface area (Å²) in [7, 11) is -2.70. The highest BCUT2D eigenvalue weighted by Crippen LogP contribution is 2.35. The van der Waals surface area contributed by atoms with Gasteiger partial charge in [-0.1, -0.05) is 34.6 Å². The Morgan fingerprint density at radius 2 is 1.55 bits per heavy atom. The molecule has 128 valence electrons. The first kappa shape index (κ1) is 21.0. The van der Waals surface area contributed by atoms with E-state index in [1.54, 1.807) is 6.92 Å². The van der Waals surface area contributed by atoms with E-state index in [1.165, 1.54) is 0 Å². The Bertz CT molecular complexity index is 460. The van der Waals surface area contributed by atoms with Crippen LogP contribution < -0.4 is 5.73 Å². The maximum atomic E-state index is 10.00. The summed E-state index contributed by atoms with van der Waals surface area (Å²) in [5.41, 5.74) is 8.40. The van der Waals surface area contributed by atoms with Crippen LogP contribution in [-0.2, 0) is 9.09 Å². The van der Waals surface area contributed by atoms with Gasteiger partial charge < -0.3 is 20.3 Å². The number of nitrogens with two attached hydrogens (primary N) is 1. The van der Waals surface area contributed by atoms with Crippen molar-refractivity contribution < 1.29 is 19.1 Å². The normalized spacial score (nSPS) is 13.7. The molecule has 0 aliphatic heterocycles. The summed E-state index contributed by atoms with van der Waals surface area (Å²) < 4.78 is 14.4. The van der Waals surface area contributed by atoms with Crippen LogP contribution in [-0.4, -0.2) is 16.1 Å². The van der Waals surface area contributed by atoms with Crippen molar-refractivity contribution in [2.75, 3.05) is 5.73 Å². The minimum atomic E-state index is -2.70. The number of hydrogen-bond acceptors (Lipinski definition) is 4. The van der Waals surface area contributed by atoms with Gasteiger partial charge in [-0.25, -0.2) is 0 Å². The topological polar surface area (TPSA) is 92.8 Å². The van der Waals surface area contributed by atoms with Gasteiger partial charge in [0.2, 0.25) is 0 Å². The van der Waals surface area contributed by atoms with Crippen molar-refractivity contribution in [3.8, 4) is 5.75 Å². The molecule has 1 rings (SSSR count). The third-order valence-corrected chi connectivity index (χ3v) is 3.92. The Morgan fingerprint density at radius 1 is 1.14 bits per heavy atom. The van der Waals surface area contributed by atoms with Crippen molar-refractivity contribution in [3.05, 3.63) is 23.3 Å². The van der Waals surface area contributed by atoms with Gasteiger partial charge in [-0.05, 0) is 48.4 Å². The number of phenolic OH excluding ortho intramolecular Hbond substituents is 1. The number of anilines is 1. The molecule has 0 aliphatic carbocycles. The van der Waals surface area contributed by atoms with Crippen LogP contribution in [0.25, 0.3) is 0 Å². The van der Waals surface area contributed by atoms with E-state index in [1.807, 2.05) is 19.1 Å². The first-order valence-corrected chi connectivity index (χ1v) is 8.88. The molecule has 0 aromatic heterocycles. The smallest absolute Gasteiger partial charge is 0.316 e. The molecule has 0 spiro atoms. The predicted molar refractivity (Wildman–Crippen MR) is 92.8 cm³/mol. The van der Waals surface area contributed by atoms with Crippen LogP contribution in [0.4, 0.5) is 5.69 Å². The standard InChI is InChI=1S/C12H19NO.C4H11O3P/c1-7(2)10-5-9(13)6-11(8(3)4)12(10)14;1-3-4(2)7-8(5)6/h5-8,14H,13H2,1-4H3;4,8H,3H2,1-2H3,(H,5,6). The lowest BCUT2D eigenvalue weighted by atomic mass is 9.93. The lowest BCUT2D eigenvalue weighted by Crippen LogP contribution is -1.98. The zero-order chi connectivity index (χ0) is 17.4. The summed E-state index contributed by atoms with van der Waals surface area (Å²) >= 11 is 0. The van der Waals surface area contributed by atoms with Crippen LogP contribution in [0.5, 0.6) is 5.75 Å². The van der Waals surface area contributed by atoms with Gasteiger partial charge in [-0.3, -0.25) is 4.57 Å². The highest BCUT2D eigenvalue weighted by molar-refractivity contribution is 7.32. The van der Waals surface area contributed by atoms with Crippen LogP contribution in [0.1, 0.15) is 70.9 Å². The average molecular weight is 331 g/mol. The van der Waals surface area contributed by atoms with Crippen molar-refractivity contribution in [3.63, 3.8) is 0 Å². The summed E-state index contributed by atoms with van der Waals surface area (Å²) in [5.74, 6) is 1.01. The van der Waals surface area contributed by atoms with E-state index in [4.69, 9.17) is 10.6 Å². The predicted octanol–water partition coefficient (Wildman–Crippen LogP) is 4.40. The molecule has 0 bridgehead atoms. The van der Waals surface area contributed by atoms with Crippen molar-refractivity contribution in [2.45, 2.75) is 65.9 Å². The molecular weight excluding hydrogens is 301 g/mol. The van der Waals surface area contributed by atoms with Gasteiger partial charge in [-0.15, -0.1) is 0 Å². The quantitative estimate of drug-likeness (QED) is 0.422. The van der Waals surface area contributed by atoms with E-state index in [-0.39, 0.29) is 6.10 Å². The molecule has 4 N–H and O–H groups in total. The van der Waals surface area contributed by atoms with Crippen LogP contribution in [0.2, 0.25) is 0 Å². The highest BCUT2D eigenvalue weighted by atomic mass is 31.1. The number of hydrogen-bond donors (Lipinski definition) is 3. The van der Waals surface area contributed by atoms with Crippen LogP contribution >= 0.6 is 8.25 Å². The third kappa shape index (κ3) is 7.30. The molecule has 1 aromatic rings. The van der Waals surface area contributed by atoms with Gasteiger partial charge in [0.1, 0.15) is 5.75 Å². The van der Waals surface area contributed by atoms with Crippen molar-refractivity contribution in [1.29, 1.82) is 0 Å². The van der Waals surface area contributed by atoms with E-state index < -0.39 is 8.25 Å². The number of rotatable bonds is 5. The average Bonchev–Trinajstić information content (AvgIpc) is 2.40. The van der Waals surface area contributed by atoms with Crippen molar-refractivity contribution in [1.82, 2.24) is 0 Å². The fraction of sp³-hybridized carbons (Fsp3) is 0.625. The van der Waals surface area contributed by atoms with Gasteiger partial charge in [0.15, 0.2) is 0 Å². The first-order chi connectivity index (χ1) is 10.1. The van der Waals surface area contributed by atoms with E-state index >= 15 is 0 Å². The van der Waals surface area contributed by atoms with E-state index in [0.717, 1.165) is 23.2 Å².